The largest absolute Gasteiger partial charge is 0.492 e. The van der Waals surface area contributed by atoms with E-state index < -0.39 is 0 Å². The molecule has 0 atom stereocenters. The predicted octanol–water partition coefficient (Wildman–Crippen LogP) is 3.28. The maximum atomic E-state index is 12.0. The third-order valence-corrected chi connectivity index (χ3v) is 4.04. The molecule has 0 fully saturated rings. The van der Waals surface area contributed by atoms with Crippen molar-refractivity contribution in [1.82, 2.24) is 10.2 Å². The normalized spacial score (nSPS) is 10.7. The molecule has 2 aromatic rings. The zero-order chi connectivity index (χ0) is 17.4. The Bertz CT molecular complexity index is 676. The second kappa shape index (κ2) is 9.30. The molecular weight excluding hydrogens is 324 g/mol. The monoisotopic (exact) mass is 346 g/mol. The lowest BCUT2D eigenvalue weighted by molar-refractivity contribution is -0.122. The van der Waals surface area contributed by atoms with Crippen LogP contribution in [-0.4, -0.2) is 37.6 Å². The molecule has 0 spiro atoms. The predicted molar refractivity (Wildman–Crippen MR) is 97.5 cm³/mol. The number of nitrogens with one attached hydrogen (secondary N) is 1. The summed E-state index contributed by atoms with van der Waals surface area (Å²) in [5, 5.41) is 3.55. The summed E-state index contributed by atoms with van der Waals surface area (Å²) < 4.78 is 5.74. The van der Waals surface area contributed by atoms with E-state index in [1.807, 2.05) is 67.4 Å². The van der Waals surface area contributed by atoms with Crippen molar-refractivity contribution in [3.05, 3.63) is 64.7 Å². The van der Waals surface area contributed by atoms with Crippen molar-refractivity contribution in [2.45, 2.75) is 13.5 Å². The molecule has 24 heavy (non-hydrogen) atoms. The van der Waals surface area contributed by atoms with Crippen LogP contribution < -0.4 is 10.1 Å². The highest BCUT2D eigenvalue weighted by Crippen LogP contribution is 2.16. The van der Waals surface area contributed by atoms with Gasteiger partial charge in [0.1, 0.15) is 12.4 Å². The molecule has 0 aliphatic carbocycles. The van der Waals surface area contributed by atoms with Crippen molar-refractivity contribution in [3.63, 3.8) is 0 Å². The summed E-state index contributed by atoms with van der Waals surface area (Å²) in [6, 6.07) is 15.4. The van der Waals surface area contributed by atoms with E-state index in [0.29, 0.717) is 31.3 Å². The lowest BCUT2D eigenvalue weighted by Gasteiger charge is -2.17. The van der Waals surface area contributed by atoms with Gasteiger partial charge in [-0.3, -0.25) is 9.69 Å². The molecule has 5 heteroatoms. The third kappa shape index (κ3) is 5.87. The number of carbonyl (C=O) groups excluding carboxylic acids is 1. The molecule has 1 amide bonds. The highest BCUT2D eigenvalue weighted by Gasteiger charge is 2.08. The number of nitrogens with zero attached hydrogens (tertiary/aromatic N) is 1. The lowest BCUT2D eigenvalue weighted by Crippen LogP contribution is -2.36. The van der Waals surface area contributed by atoms with E-state index in [-0.39, 0.29) is 5.91 Å². The van der Waals surface area contributed by atoms with Gasteiger partial charge in [0.05, 0.1) is 6.54 Å². The SMILES string of the molecule is Cc1ccccc1OCCN(C)CC(=O)NCc1ccccc1Cl. The molecule has 0 heterocycles. The number of hydrogen-bond donors (Lipinski definition) is 1. The van der Waals surface area contributed by atoms with Gasteiger partial charge in [0.15, 0.2) is 0 Å². The number of aryl methyl sites for hydroxylation is 1. The van der Waals surface area contributed by atoms with Crippen molar-refractivity contribution in [2.75, 3.05) is 26.7 Å². The van der Waals surface area contributed by atoms with Crippen molar-refractivity contribution in [2.24, 2.45) is 0 Å². The molecular formula is C19H23ClN2O2. The maximum Gasteiger partial charge on any atom is 0.234 e. The van der Waals surface area contributed by atoms with Gasteiger partial charge in [0.25, 0.3) is 0 Å². The number of carbonyl (C=O) groups is 1. The summed E-state index contributed by atoms with van der Waals surface area (Å²) in [4.78, 5) is 13.9. The lowest BCUT2D eigenvalue weighted by atomic mass is 10.2. The van der Waals surface area contributed by atoms with Gasteiger partial charge >= 0.3 is 0 Å². The molecule has 0 saturated heterocycles. The maximum absolute atomic E-state index is 12.0. The van der Waals surface area contributed by atoms with Crippen LogP contribution in [0, 0.1) is 6.92 Å². The first-order valence-corrected chi connectivity index (χ1v) is 8.31. The molecule has 0 saturated carbocycles. The van der Waals surface area contributed by atoms with Crippen molar-refractivity contribution >= 4 is 17.5 Å². The second-order valence-corrected chi connectivity index (χ2v) is 6.13. The van der Waals surface area contributed by atoms with Crippen LogP contribution in [0.5, 0.6) is 5.75 Å². The fraction of sp³-hybridized carbons (Fsp3) is 0.316. The van der Waals surface area contributed by atoms with Crippen LogP contribution in [-0.2, 0) is 11.3 Å². The van der Waals surface area contributed by atoms with Crippen LogP contribution in [0.25, 0.3) is 0 Å². The number of rotatable bonds is 8. The Hall–Kier alpha value is -2.04. The van der Waals surface area contributed by atoms with Gasteiger partial charge in [-0.05, 0) is 37.2 Å². The first-order chi connectivity index (χ1) is 11.6. The number of ether oxygens (including phenoxy) is 1. The van der Waals surface area contributed by atoms with Crippen LogP contribution in [0.15, 0.2) is 48.5 Å². The molecule has 1 N–H and O–H groups in total. The van der Waals surface area contributed by atoms with Crippen molar-refractivity contribution < 1.29 is 9.53 Å². The smallest absolute Gasteiger partial charge is 0.234 e. The van der Waals surface area contributed by atoms with Gasteiger partial charge in [-0.1, -0.05) is 48.0 Å². The second-order valence-electron chi connectivity index (χ2n) is 5.72. The third-order valence-electron chi connectivity index (χ3n) is 3.67. The first kappa shape index (κ1) is 18.3. The van der Waals surface area contributed by atoms with E-state index in [4.69, 9.17) is 16.3 Å². The van der Waals surface area contributed by atoms with E-state index in [1.165, 1.54) is 0 Å². The van der Waals surface area contributed by atoms with E-state index in [2.05, 4.69) is 5.32 Å². The molecule has 2 aromatic carbocycles. The highest BCUT2D eigenvalue weighted by molar-refractivity contribution is 6.31. The average Bonchev–Trinajstić information content (AvgIpc) is 2.56. The van der Waals surface area contributed by atoms with Gasteiger partial charge in [0, 0.05) is 18.1 Å². The van der Waals surface area contributed by atoms with Gasteiger partial charge in [-0.15, -0.1) is 0 Å². The fourth-order valence-electron chi connectivity index (χ4n) is 2.25. The molecule has 128 valence electrons. The zero-order valence-corrected chi connectivity index (χ0v) is 14.8. The molecule has 0 bridgehead atoms. The quantitative estimate of drug-likeness (QED) is 0.797. The zero-order valence-electron chi connectivity index (χ0n) is 14.1. The van der Waals surface area contributed by atoms with Crippen molar-refractivity contribution in [3.8, 4) is 5.75 Å². The Morgan fingerprint density at radius 2 is 1.88 bits per heavy atom. The Morgan fingerprint density at radius 1 is 1.17 bits per heavy atom. The molecule has 0 aliphatic heterocycles. The van der Waals surface area contributed by atoms with Gasteiger partial charge in [-0.25, -0.2) is 0 Å². The van der Waals surface area contributed by atoms with Crippen LogP contribution in [0.1, 0.15) is 11.1 Å². The van der Waals surface area contributed by atoms with Crippen LogP contribution >= 0.6 is 11.6 Å². The number of likely N-dealkylation sites (N-methyl/N-ethyl adjacent to an activating group) is 1. The highest BCUT2D eigenvalue weighted by atomic mass is 35.5. The Labute approximate surface area is 148 Å². The van der Waals surface area contributed by atoms with Crippen LogP contribution in [0.2, 0.25) is 5.02 Å². The van der Waals surface area contributed by atoms with Crippen LogP contribution in [0.4, 0.5) is 0 Å². The average molecular weight is 347 g/mol. The topological polar surface area (TPSA) is 41.6 Å². The fourth-order valence-corrected chi connectivity index (χ4v) is 2.45. The van der Waals surface area contributed by atoms with Gasteiger partial charge in [0.2, 0.25) is 5.91 Å². The molecule has 0 aromatic heterocycles. The molecule has 2 rings (SSSR count). The summed E-state index contributed by atoms with van der Waals surface area (Å²) in [6.07, 6.45) is 0. The minimum atomic E-state index is -0.0340. The Morgan fingerprint density at radius 3 is 2.62 bits per heavy atom. The number of halogens is 1. The van der Waals surface area contributed by atoms with E-state index in [1.54, 1.807) is 0 Å². The van der Waals surface area contributed by atoms with E-state index in [0.717, 1.165) is 16.9 Å². The molecule has 4 nitrogen and oxygen atoms in total. The van der Waals surface area contributed by atoms with Gasteiger partial charge in [-0.2, -0.15) is 0 Å². The molecule has 0 radical (unpaired) electrons. The molecule has 0 unspecified atom stereocenters. The standard InChI is InChI=1S/C19H23ClN2O2/c1-15-7-3-6-10-18(15)24-12-11-22(2)14-19(23)21-13-16-8-4-5-9-17(16)20/h3-10H,11-14H2,1-2H3,(H,21,23). The van der Waals surface area contributed by atoms with Crippen molar-refractivity contribution in [1.29, 1.82) is 0 Å². The summed E-state index contributed by atoms with van der Waals surface area (Å²) in [5.74, 6) is 0.849. The van der Waals surface area contributed by atoms with Crippen LogP contribution in [0.3, 0.4) is 0 Å². The minimum absolute atomic E-state index is 0.0340. The molecule has 0 aliphatic rings. The number of para-hydroxylation sites is 1. The van der Waals surface area contributed by atoms with E-state index in [9.17, 15) is 4.79 Å². The summed E-state index contributed by atoms with van der Waals surface area (Å²) >= 11 is 6.07. The van der Waals surface area contributed by atoms with E-state index >= 15 is 0 Å². The minimum Gasteiger partial charge on any atom is -0.492 e. The summed E-state index contributed by atoms with van der Waals surface area (Å²) in [5.41, 5.74) is 2.02. The summed E-state index contributed by atoms with van der Waals surface area (Å²) in [6.45, 7) is 3.99. The number of amides is 1. The first-order valence-electron chi connectivity index (χ1n) is 7.93. The Balaban J connectivity index is 1.68. The summed E-state index contributed by atoms with van der Waals surface area (Å²) in [7, 11) is 1.90. The van der Waals surface area contributed by atoms with Gasteiger partial charge < -0.3 is 10.1 Å². The number of benzene rings is 2. The Kier molecular flexibility index (Phi) is 7.09. The number of hydrogen-bond acceptors (Lipinski definition) is 3.